The summed E-state index contributed by atoms with van der Waals surface area (Å²) in [4.78, 5) is 25.2. The molecule has 6 heteroatoms. The van der Waals surface area contributed by atoms with Crippen LogP contribution in [0.3, 0.4) is 0 Å². The molecule has 1 atom stereocenters. The highest BCUT2D eigenvalue weighted by atomic mass is 19.1. The van der Waals surface area contributed by atoms with E-state index in [-0.39, 0.29) is 30.4 Å². The minimum absolute atomic E-state index is 0.0100. The number of Topliss-reactive ketones (excluding diaryl/α,β-unsaturated/α-hetero) is 1. The second-order valence-corrected chi connectivity index (χ2v) is 4.94. The van der Waals surface area contributed by atoms with Gasteiger partial charge in [0.1, 0.15) is 11.6 Å². The van der Waals surface area contributed by atoms with Gasteiger partial charge in [-0.15, -0.1) is 0 Å². The van der Waals surface area contributed by atoms with Gasteiger partial charge in [0, 0.05) is 38.0 Å². The van der Waals surface area contributed by atoms with Crippen LogP contribution in [0.15, 0.2) is 18.2 Å². The predicted octanol–water partition coefficient (Wildman–Crippen LogP) is 1.49. The number of carbonyl (C=O) groups excluding carboxylic acids is 2. The third-order valence-corrected chi connectivity index (χ3v) is 3.37. The van der Waals surface area contributed by atoms with Crippen molar-refractivity contribution in [1.29, 1.82) is 0 Å². The van der Waals surface area contributed by atoms with Crippen LogP contribution in [0.2, 0.25) is 0 Å². The van der Waals surface area contributed by atoms with Crippen molar-refractivity contribution in [2.45, 2.75) is 25.3 Å². The molecule has 1 amide bonds. The van der Waals surface area contributed by atoms with Crippen LogP contribution in [0.5, 0.6) is 0 Å². The van der Waals surface area contributed by atoms with Crippen molar-refractivity contribution < 1.29 is 18.4 Å². The molecule has 4 nitrogen and oxygen atoms in total. The average Bonchev–Trinajstić information content (AvgIpc) is 2.82. The molecule has 1 aromatic rings. The van der Waals surface area contributed by atoms with E-state index in [1.54, 1.807) is 4.90 Å². The van der Waals surface area contributed by atoms with E-state index in [4.69, 9.17) is 5.73 Å². The Balaban J connectivity index is 1.90. The molecule has 0 saturated carbocycles. The average molecular weight is 282 g/mol. The zero-order valence-electron chi connectivity index (χ0n) is 10.9. The first-order chi connectivity index (χ1) is 9.47. The van der Waals surface area contributed by atoms with Gasteiger partial charge in [-0.3, -0.25) is 9.59 Å². The molecule has 2 N–H and O–H groups in total. The second-order valence-electron chi connectivity index (χ2n) is 4.94. The summed E-state index contributed by atoms with van der Waals surface area (Å²) in [6.45, 7) is 1.09. The van der Waals surface area contributed by atoms with Crippen LogP contribution in [0.25, 0.3) is 0 Å². The zero-order chi connectivity index (χ0) is 14.7. The van der Waals surface area contributed by atoms with Crippen molar-refractivity contribution in [3.63, 3.8) is 0 Å². The molecule has 1 saturated heterocycles. The number of ketones is 1. The van der Waals surface area contributed by atoms with E-state index in [2.05, 4.69) is 0 Å². The molecule has 0 unspecified atom stereocenters. The smallest absolute Gasteiger partial charge is 0.223 e. The number of hydrogen-bond donors (Lipinski definition) is 1. The highest BCUT2D eigenvalue weighted by Gasteiger charge is 2.24. The van der Waals surface area contributed by atoms with Crippen molar-refractivity contribution in [2.24, 2.45) is 5.73 Å². The van der Waals surface area contributed by atoms with Gasteiger partial charge in [-0.05, 0) is 18.6 Å². The lowest BCUT2D eigenvalue weighted by Crippen LogP contribution is -2.32. The first-order valence-electron chi connectivity index (χ1n) is 6.49. The second kappa shape index (κ2) is 6.09. The summed E-state index contributed by atoms with van der Waals surface area (Å²) in [5, 5.41) is 0. The molecule has 0 aliphatic carbocycles. The molecule has 108 valence electrons. The molecule has 1 aromatic carbocycles. The van der Waals surface area contributed by atoms with Crippen LogP contribution in [0.1, 0.15) is 29.6 Å². The minimum atomic E-state index is -0.898. The molecule has 0 aromatic heterocycles. The Morgan fingerprint density at radius 1 is 1.30 bits per heavy atom. The topological polar surface area (TPSA) is 63.4 Å². The van der Waals surface area contributed by atoms with Crippen LogP contribution in [-0.4, -0.2) is 35.7 Å². The van der Waals surface area contributed by atoms with E-state index in [1.807, 2.05) is 0 Å². The monoisotopic (exact) mass is 282 g/mol. The lowest BCUT2D eigenvalue weighted by atomic mass is 10.1. The Kier molecular flexibility index (Phi) is 4.44. The first kappa shape index (κ1) is 14.6. The van der Waals surface area contributed by atoms with Crippen LogP contribution < -0.4 is 5.73 Å². The summed E-state index contributed by atoms with van der Waals surface area (Å²) in [6, 6.07) is 2.78. The Morgan fingerprint density at radius 2 is 2.05 bits per heavy atom. The van der Waals surface area contributed by atoms with E-state index in [0.717, 1.165) is 18.6 Å². The Bertz CT molecular complexity index is 534. The standard InChI is InChI=1S/C14H16F2N2O2/c15-9-1-2-11(12(16)7-9)13(19)3-4-14(20)18-6-5-10(17)8-18/h1-2,7,10H,3-6,8,17H2/t10-/m1/s1. The maximum Gasteiger partial charge on any atom is 0.223 e. The maximum absolute atomic E-state index is 13.4. The van der Waals surface area contributed by atoms with E-state index >= 15 is 0 Å². The number of hydrogen-bond acceptors (Lipinski definition) is 3. The number of halogens is 2. The fraction of sp³-hybridized carbons (Fsp3) is 0.429. The lowest BCUT2D eigenvalue weighted by molar-refractivity contribution is -0.130. The SMILES string of the molecule is N[C@@H]1CCN(C(=O)CCC(=O)c2ccc(F)cc2F)C1. The fourth-order valence-electron chi connectivity index (χ4n) is 2.24. The number of nitrogens with zero attached hydrogens (tertiary/aromatic N) is 1. The van der Waals surface area contributed by atoms with Crippen LogP contribution in [-0.2, 0) is 4.79 Å². The molecule has 1 fully saturated rings. The number of likely N-dealkylation sites (tertiary alicyclic amines) is 1. The Labute approximate surface area is 115 Å². The third-order valence-electron chi connectivity index (χ3n) is 3.37. The van der Waals surface area contributed by atoms with Crippen LogP contribution in [0.4, 0.5) is 8.78 Å². The molecular weight excluding hydrogens is 266 g/mol. The van der Waals surface area contributed by atoms with Gasteiger partial charge in [0.05, 0.1) is 5.56 Å². The van der Waals surface area contributed by atoms with Crippen molar-refractivity contribution in [3.8, 4) is 0 Å². The summed E-state index contributed by atoms with van der Waals surface area (Å²) in [5.74, 6) is -2.29. The van der Waals surface area contributed by atoms with E-state index in [0.29, 0.717) is 19.2 Å². The Hall–Kier alpha value is -1.82. The van der Waals surface area contributed by atoms with E-state index in [1.165, 1.54) is 0 Å². The summed E-state index contributed by atoms with van der Waals surface area (Å²) in [5.41, 5.74) is 5.51. The Morgan fingerprint density at radius 3 is 2.65 bits per heavy atom. The van der Waals surface area contributed by atoms with Gasteiger partial charge in [0.25, 0.3) is 0 Å². The van der Waals surface area contributed by atoms with Gasteiger partial charge < -0.3 is 10.6 Å². The molecule has 0 bridgehead atoms. The molecule has 0 radical (unpaired) electrons. The van der Waals surface area contributed by atoms with E-state index < -0.39 is 17.4 Å². The number of benzene rings is 1. The molecule has 1 heterocycles. The van der Waals surface area contributed by atoms with Gasteiger partial charge in [-0.1, -0.05) is 0 Å². The van der Waals surface area contributed by atoms with Gasteiger partial charge in [0.2, 0.25) is 5.91 Å². The van der Waals surface area contributed by atoms with Gasteiger partial charge >= 0.3 is 0 Å². The lowest BCUT2D eigenvalue weighted by Gasteiger charge is -2.15. The third kappa shape index (κ3) is 3.39. The van der Waals surface area contributed by atoms with Crippen molar-refractivity contribution >= 4 is 11.7 Å². The fourth-order valence-corrected chi connectivity index (χ4v) is 2.24. The maximum atomic E-state index is 13.4. The largest absolute Gasteiger partial charge is 0.341 e. The van der Waals surface area contributed by atoms with Crippen LogP contribution in [0, 0.1) is 11.6 Å². The normalized spacial score (nSPS) is 18.4. The molecule has 1 aliphatic rings. The molecule has 0 spiro atoms. The van der Waals surface area contributed by atoms with Gasteiger partial charge in [-0.2, -0.15) is 0 Å². The summed E-state index contributed by atoms with van der Waals surface area (Å²) in [7, 11) is 0. The quantitative estimate of drug-likeness (QED) is 0.851. The van der Waals surface area contributed by atoms with Crippen molar-refractivity contribution in [1.82, 2.24) is 4.90 Å². The van der Waals surface area contributed by atoms with Crippen LogP contribution >= 0.6 is 0 Å². The molecule has 2 rings (SSSR count). The van der Waals surface area contributed by atoms with Crippen molar-refractivity contribution in [2.75, 3.05) is 13.1 Å². The summed E-state index contributed by atoms with van der Waals surface area (Å²) in [6.07, 6.45) is 0.682. The van der Waals surface area contributed by atoms with E-state index in [9.17, 15) is 18.4 Å². The highest BCUT2D eigenvalue weighted by Crippen LogP contribution is 2.14. The summed E-state index contributed by atoms with van der Waals surface area (Å²) >= 11 is 0. The molecular formula is C14H16F2N2O2. The minimum Gasteiger partial charge on any atom is -0.341 e. The highest BCUT2D eigenvalue weighted by molar-refractivity contribution is 5.98. The number of nitrogens with two attached hydrogens (primary N) is 1. The summed E-state index contributed by atoms with van der Waals surface area (Å²) < 4.78 is 26.1. The van der Waals surface area contributed by atoms with Crippen molar-refractivity contribution in [3.05, 3.63) is 35.4 Å². The zero-order valence-corrected chi connectivity index (χ0v) is 10.9. The number of amides is 1. The number of rotatable bonds is 4. The molecule has 1 aliphatic heterocycles. The first-order valence-corrected chi connectivity index (χ1v) is 6.49. The molecule has 20 heavy (non-hydrogen) atoms. The number of carbonyl (C=O) groups is 2. The van der Waals surface area contributed by atoms with Gasteiger partial charge in [-0.25, -0.2) is 8.78 Å². The predicted molar refractivity (Wildman–Crippen MR) is 69.1 cm³/mol. The van der Waals surface area contributed by atoms with Gasteiger partial charge in [0.15, 0.2) is 5.78 Å².